The number of nitrogens with zero attached hydrogens (tertiary/aromatic N) is 1. The molecule has 0 radical (unpaired) electrons. The lowest BCUT2D eigenvalue weighted by Gasteiger charge is -2.07. The number of pyridine rings is 1. The molecule has 1 heterocycles. The van der Waals surface area contributed by atoms with Gasteiger partial charge >= 0.3 is 0 Å². The van der Waals surface area contributed by atoms with E-state index in [1.165, 1.54) is 6.07 Å². The summed E-state index contributed by atoms with van der Waals surface area (Å²) in [6.07, 6.45) is 1.54. The van der Waals surface area contributed by atoms with Crippen LogP contribution < -0.4 is 11.1 Å². The minimum absolute atomic E-state index is 0.313. The predicted octanol–water partition coefficient (Wildman–Crippen LogP) is 3.22. The molecule has 0 fully saturated rings. The maximum Gasteiger partial charge on any atom is 0.256 e. The van der Waals surface area contributed by atoms with E-state index in [-0.39, 0.29) is 5.91 Å². The van der Waals surface area contributed by atoms with Gasteiger partial charge in [0.05, 0.1) is 15.7 Å². The Kier molecular flexibility index (Phi) is 3.69. The fraction of sp³-hybridized carbons (Fsp3) is 0. The molecule has 2 rings (SSSR count). The van der Waals surface area contributed by atoms with Crippen molar-refractivity contribution >= 4 is 40.6 Å². The van der Waals surface area contributed by atoms with Crippen molar-refractivity contribution in [2.75, 3.05) is 11.1 Å². The van der Waals surface area contributed by atoms with Crippen molar-refractivity contribution in [1.29, 1.82) is 0 Å². The van der Waals surface area contributed by atoms with E-state index < -0.39 is 0 Å². The second-order valence-corrected chi connectivity index (χ2v) is 4.34. The maximum absolute atomic E-state index is 11.9. The molecule has 0 saturated carbocycles. The van der Waals surface area contributed by atoms with Gasteiger partial charge < -0.3 is 11.1 Å². The summed E-state index contributed by atoms with van der Waals surface area (Å²) in [5, 5.41) is 3.31. The molecule has 0 aliphatic carbocycles. The molecule has 1 aromatic carbocycles. The van der Waals surface area contributed by atoms with Crippen molar-refractivity contribution in [3.63, 3.8) is 0 Å². The minimum Gasteiger partial charge on any atom is -0.396 e. The first-order valence-corrected chi connectivity index (χ1v) is 5.80. The van der Waals surface area contributed by atoms with Gasteiger partial charge in [0.25, 0.3) is 5.91 Å². The molecular formula is C12H9Cl2N3O. The van der Waals surface area contributed by atoms with Crippen molar-refractivity contribution < 1.29 is 4.79 Å². The van der Waals surface area contributed by atoms with Crippen molar-refractivity contribution in [3.05, 3.63) is 52.1 Å². The normalized spacial score (nSPS) is 10.1. The van der Waals surface area contributed by atoms with Crippen LogP contribution >= 0.6 is 23.2 Å². The van der Waals surface area contributed by atoms with E-state index in [2.05, 4.69) is 10.3 Å². The predicted molar refractivity (Wildman–Crippen MR) is 73.1 cm³/mol. The molecule has 0 aliphatic rings. The largest absolute Gasteiger partial charge is 0.396 e. The van der Waals surface area contributed by atoms with E-state index in [0.717, 1.165) is 0 Å². The van der Waals surface area contributed by atoms with Crippen LogP contribution in [0.5, 0.6) is 0 Å². The van der Waals surface area contributed by atoms with Crippen LogP contribution in [0.25, 0.3) is 0 Å². The number of nitrogen functional groups attached to an aromatic ring is 1. The smallest absolute Gasteiger partial charge is 0.256 e. The van der Waals surface area contributed by atoms with E-state index in [1.54, 1.807) is 30.5 Å². The molecule has 18 heavy (non-hydrogen) atoms. The van der Waals surface area contributed by atoms with E-state index in [0.29, 0.717) is 27.1 Å². The summed E-state index contributed by atoms with van der Waals surface area (Å²) in [5.41, 5.74) is 6.45. The minimum atomic E-state index is -0.348. The summed E-state index contributed by atoms with van der Waals surface area (Å²) in [5.74, 6) is -0.0347. The van der Waals surface area contributed by atoms with Gasteiger partial charge in [-0.3, -0.25) is 4.79 Å². The van der Waals surface area contributed by atoms with E-state index >= 15 is 0 Å². The van der Waals surface area contributed by atoms with Crippen molar-refractivity contribution in [1.82, 2.24) is 4.98 Å². The van der Waals surface area contributed by atoms with Gasteiger partial charge in [-0.1, -0.05) is 23.2 Å². The number of carbonyl (C=O) groups is 1. The first-order chi connectivity index (χ1) is 8.58. The summed E-state index contributed by atoms with van der Waals surface area (Å²) in [7, 11) is 0. The van der Waals surface area contributed by atoms with Gasteiger partial charge in [-0.15, -0.1) is 0 Å². The zero-order valence-corrected chi connectivity index (χ0v) is 10.7. The van der Waals surface area contributed by atoms with E-state index in [1.807, 2.05) is 0 Å². The van der Waals surface area contributed by atoms with Crippen molar-refractivity contribution in [2.24, 2.45) is 0 Å². The second-order valence-electron chi connectivity index (χ2n) is 3.52. The number of hydrogen-bond donors (Lipinski definition) is 2. The molecule has 92 valence electrons. The average molecular weight is 282 g/mol. The van der Waals surface area contributed by atoms with Crippen LogP contribution in [0.15, 0.2) is 36.5 Å². The number of anilines is 2. The molecule has 4 nitrogen and oxygen atoms in total. The highest BCUT2D eigenvalue weighted by molar-refractivity contribution is 6.42. The van der Waals surface area contributed by atoms with Crippen LogP contribution in [0.4, 0.5) is 11.5 Å². The zero-order valence-electron chi connectivity index (χ0n) is 9.15. The SMILES string of the molecule is Nc1cccnc1NC(=O)c1ccc(Cl)c(Cl)c1. The summed E-state index contributed by atoms with van der Waals surface area (Å²) < 4.78 is 0. The number of carbonyl (C=O) groups excluding carboxylic acids is 1. The van der Waals surface area contributed by atoms with Crippen molar-refractivity contribution in [2.45, 2.75) is 0 Å². The number of halogens is 2. The molecule has 1 amide bonds. The van der Waals surface area contributed by atoms with Gasteiger partial charge in [-0.25, -0.2) is 4.98 Å². The molecule has 0 atom stereocenters. The van der Waals surface area contributed by atoms with E-state index in [9.17, 15) is 4.79 Å². The topological polar surface area (TPSA) is 68.0 Å². The number of benzene rings is 1. The Hall–Kier alpha value is -1.78. The van der Waals surface area contributed by atoms with Gasteiger partial charge in [0.15, 0.2) is 5.82 Å². The Morgan fingerprint density at radius 2 is 2.00 bits per heavy atom. The molecule has 0 unspecified atom stereocenters. The van der Waals surface area contributed by atoms with Gasteiger partial charge in [-0.2, -0.15) is 0 Å². The number of nitrogens with one attached hydrogen (secondary N) is 1. The first kappa shape index (κ1) is 12.7. The summed E-state index contributed by atoms with van der Waals surface area (Å²) in [4.78, 5) is 15.9. The van der Waals surface area contributed by atoms with Gasteiger partial charge in [-0.05, 0) is 30.3 Å². The first-order valence-electron chi connectivity index (χ1n) is 5.05. The highest BCUT2D eigenvalue weighted by Gasteiger charge is 2.10. The molecule has 2 aromatic rings. The molecule has 1 aromatic heterocycles. The van der Waals surface area contributed by atoms with E-state index in [4.69, 9.17) is 28.9 Å². The standard InChI is InChI=1S/C12H9Cl2N3O/c13-8-4-3-7(6-9(8)14)12(18)17-11-10(15)2-1-5-16-11/h1-6H,15H2,(H,16,17,18). The third-order valence-corrected chi connectivity index (χ3v) is 2.99. The third kappa shape index (κ3) is 2.72. The Morgan fingerprint density at radius 1 is 1.22 bits per heavy atom. The number of rotatable bonds is 2. The van der Waals surface area contributed by atoms with Crippen LogP contribution in [0.3, 0.4) is 0 Å². The number of nitrogens with two attached hydrogens (primary N) is 1. The Morgan fingerprint density at radius 3 is 2.67 bits per heavy atom. The number of amides is 1. The quantitative estimate of drug-likeness (QED) is 0.888. The molecule has 0 aliphatic heterocycles. The van der Waals surface area contributed by atoms with Crippen LogP contribution in [-0.2, 0) is 0 Å². The van der Waals surface area contributed by atoms with Crippen LogP contribution in [-0.4, -0.2) is 10.9 Å². The fourth-order valence-electron chi connectivity index (χ4n) is 1.34. The lowest BCUT2D eigenvalue weighted by Crippen LogP contribution is -2.14. The second kappa shape index (κ2) is 5.25. The van der Waals surface area contributed by atoms with Crippen molar-refractivity contribution in [3.8, 4) is 0 Å². The van der Waals surface area contributed by atoms with Gasteiger partial charge in [0, 0.05) is 11.8 Å². The highest BCUT2D eigenvalue weighted by Crippen LogP contribution is 2.23. The van der Waals surface area contributed by atoms with Gasteiger partial charge in [0.2, 0.25) is 0 Å². The molecular weight excluding hydrogens is 273 g/mol. The fourth-order valence-corrected chi connectivity index (χ4v) is 1.64. The van der Waals surface area contributed by atoms with Crippen LogP contribution in [0, 0.1) is 0 Å². The Labute approximate surface area is 114 Å². The number of aromatic nitrogens is 1. The molecule has 0 bridgehead atoms. The third-order valence-electron chi connectivity index (χ3n) is 2.25. The maximum atomic E-state index is 11.9. The summed E-state index contributed by atoms with van der Waals surface area (Å²) >= 11 is 11.6. The Balaban J connectivity index is 2.22. The molecule has 0 spiro atoms. The number of hydrogen-bond acceptors (Lipinski definition) is 3. The summed E-state index contributed by atoms with van der Waals surface area (Å²) in [6.45, 7) is 0. The zero-order chi connectivity index (χ0) is 13.1. The molecule has 3 N–H and O–H groups in total. The Bertz CT molecular complexity index is 602. The summed E-state index contributed by atoms with van der Waals surface area (Å²) in [6, 6.07) is 7.95. The molecule has 0 saturated heterocycles. The lowest BCUT2D eigenvalue weighted by atomic mass is 10.2. The van der Waals surface area contributed by atoms with Gasteiger partial charge in [0.1, 0.15) is 0 Å². The van der Waals surface area contributed by atoms with Crippen LogP contribution in [0.1, 0.15) is 10.4 Å². The lowest BCUT2D eigenvalue weighted by molar-refractivity contribution is 0.102. The highest BCUT2D eigenvalue weighted by atomic mass is 35.5. The average Bonchev–Trinajstić information content (AvgIpc) is 2.35. The van der Waals surface area contributed by atoms with Crippen LogP contribution in [0.2, 0.25) is 10.0 Å². The molecule has 6 heteroatoms. The monoisotopic (exact) mass is 281 g/mol.